The van der Waals surface area contributed by atoms with E-state index in [9.17, 15) is 13.2 Å². The monoisotopic (exact) mass is 486 g/mol. The minimum atomic E-state index is -4.01. The molecule has 1 N–H and O–H groups in total. The maximum absolute atomic E-state index is 13.4. The van der Waals surface area contributed by atoms with Crippen LogP contribution in [0.1, 0.15) is 36.5 Å². The molecular formula is C23H23ClN4O4S. The SMILES string of the molecule is CC(C)Oc1ccc(S(=O)(=O)Nc2cc(Cl)cnc2C(=O)N2CCCc3ncccc32)cc1. The summed E-state index contributed by atoms with van der Waals surface area (Å²) in [6.45, 7) is 4.24. The number of nitrogens with one attached hydrogen (secondary N) is 1. The van der Waals surface area contributed by atoms with Gasteiger partial charge in [0.2, 0.25) is 0 Å². The van der Waals surface area contributed by atoms with Crippen molar-refractivity contribution < 1.29 is 17.9 Å². The topological polar surface area (TPSA) is 101 Å². The Labute approximate surface area is 197 Å². The Morgan fingerprint density at radius 1 is 1.18 bits per heavy atom. The summed E-state index contributed by atoms with van der Waals surface area (Å²) in [5.41, 5.74) is 1.47. The normalized spacial score (nSPS) is 13.5. The van der Waals surface area contributed by atoms with Crippen molar-refractivity contribution in [1.29, 1.82) is 0 Å². The molecule has 4 rings (SSSR count). The van der Waals surface area contributed by atoms with E-state index in [0.717, 1.165) is 18.5 Å². The third-order valence-corrected chi connectivity index (χ3v) is 6.59. The van der Waals surface area contributed by atoms with E-state index in [1.807, 2.05) is 19.9 Å². The number of sulfonamides is 1. The van der Waals surface area contributed by atoms with Gasteiger partial charge in [0.25, 0.3) is 15.9 Å². The fraction of sp³-hybridized carbons (Fsp3) is 0.261. The van der Waals surface area contributed by atoms with Crippen molar-refractivity contribution in [3.05, 3.63) is 71.3 Å². The van der Waals surface area contributed by atoms with E-state index >= 15 is 0 Å². The van der Waals surface area contributed by atoms with Crippen LogP contribution in [0.25, 0.3) is 0 Å². The van der Waals surface area contributed by atoms with E-state index in [0.29, 0.717) is 18.0 Å². The number of aromatic nitrogens is 2. The van der Waals surface area contributed by atoms with Crippen LogP contribution in [0, 0.1) is 0 Å². The third-order valence-electron chi connectivity index (χ3n) is 5.00. The van der Waals surface area contributed by atoms with Gasteiger partial charge in [-0.25, -0.2) is 13.4 Å². The number of anilines is 2. The number of nitrogens with zero attached hydrogens (tertiary/aromatic N) is 3. The minimum Gasteiger partial charge on any atom is -0.491 e. The smallest absolute Gasteiger partial charge is 0.279 e. The number of hydrogen-bond donors (Lipinski definition) is 1. The Bertz CT molecular complexity index is 1280. The first kappa shape index (κ1) is 23.0. The average molecular weight is 487 g/mol. The Kier molecular flexibility index (Phi) is 6.53. The molecule has 2 aromatic heterocycles. The van der Waals surface area contributed by atoms with Crippen LogP contribution in [0.15, 0.2) is 59.8 Å². The molecule has 0 spiro atoms. The van der Waals surface area contributed by atoms with E-state index < -0.39 is 15.9 Å². The highest BCUT2D eigenvalue weighted by Crippen LogP contribution is 2.29. The van der Waals surface area contributed by atoms with Gasteiger partial charge in [-0.15, -0.1) is 0 Å². The van der Waals surface area contributed by atoms with Crippen molar-refractivity contribution in [1.82, 2.24) is 9.97 Å². The van der Waals surface area contributed by atoms with Crippen LogP contribution in [-0.2, 0) is 16.4 Å². The number of carbonyl (C=O) groups excluding carboxylic acids is 1. The van der Waals surface area contributed by atoms with E-state index in [-0.39, 0.29) is 27.4 Å². The molecule has 3 aromatic rings. The highest BCUT2D eigenvalue weighted by atomic mass is 35.5. The molecule has 3 heterocycles. The first-order valence-corrected chi connectivity index (χ1v) is 12.3. The lowest BCUT2D eigenvalue weighted by Crippen LogP contribution is -2.37. The molecule has 0 saturated carbocycles. The van der Waals surface area contributed by atoms with E-state index in [4.69, 9.17) is 16.3 Å². The van der Waals surface area contributed by atoms with Crippen molar-refractivity contribution in [2.45, 2.75) is 37.7 Å². The number of hydrogen-bond acceptors (Lipinski definition) is 6. The minimum absolute atomic E-state index is 0.00557. The molecule has 0 saturated heterocycles. The lowest BCUT2D eigenvalue weighted by molar-refractivity contribution is 0.0981. The Balaban J connectivity index is 1.65. The number of amides is 1. The molecule has 1 aliphatic heterocycles. The zero-order valence-electron chi connectivity index (χ0n) is 18.2. The second-order valence-corrected chi connectivity index (χ2v) is 9.94. The zero-order valence-corrected chi connectivity index (χ0v) is 19.7. The molecule has 10 heteroatoms. The Morgan fingerprint density at radius 2 is 1.94 bits per heavy atom. The molecule has 1 aromatic carbocycles. The number of benzene rings is 1. The summed E-state index contributed by atoms with van der Waals surface area (Å²) in [5.74, 6) is 0.126. The van der Waals surface area contributed by atoms with Crippen molar-refractivity contribution in [3.8, 4) is 5.75 Å². The summed E-state index contributed by atoms with van der Waals surface area (Å²) in [6, 6.07) is 11.0. The van der Waals surface area contributed by atoms with Gasteiger partial charge < -0.3 is 9.64 Å². The molecule has 0 unspecified atom stereocenters. The maximum Gasteiger partial charge on any atom is 0.279 e. The second-order valence-electron chi connectivity index (χ2n) is 7.82. The summed E-state index contributed by atoms with van der Waals surface area (Å²) < 4.78 is 34.1. The molecule has 1 amide bonds. The number of rotatable bonds is 6. The Hall–Kier alpha value is -3.17. The number of fused-ring (bicyclic) bond motifs is 1. The molecule has 0 bridgehead atoms. The number of ether oxygens (including phenoxy) is 1. The van der Waals surface area contributed by atoms with Crippen molar-refractivity contribution in [2.75, 3.05) is 16.2 Å². The maximum atomic E-state index is 13.4. The fourth-order valence-electron chi connectivity index (χ4n) is 3.59. The quantitative estimate of drug-likeness (QED) is 0.557. The number of halogens is 1. The number of pyridine rings is 2. The van der Waals surface area contributed by atoms with Crippen molar-refractivity contribution in [2.24, 2.45) is 0 Å². The lowest BCUT2D eigenvalue weighted by Gasteiger charge is -2.28. The molecule has 172 valence electrons. The molecule has 0 radical (unpaired) electrons. The molecule has 0 aliphatic carbocycles. The van der Waals surface area contributed by atoms with Gasteiger partial charge in [-0.05, 0) is 69.2 Å². The highest BCUT2D eigenvalue weighted by Gasteiger charge is 2.28. The molecule has 1 aliphatic rings. The zero-order chi connectivity index (χ0) is 23.6. The van der Waals surface area contributed by atoms with Gasteiger partial charge in [0.05, 0.1) is 33.1 Å². The van der Waals surface area contributed by atoms with Crippen LogP contribution in [0.3, 0.4) is 0 Å². The van der Waals surface area contributed by atoms with Gasteiger partial charge in [-0.3, -0.25) is 14.5 Å². The lowest BCUT2D eigenvalue weighted by atomic mass is 10.1. The fourth-order valence-corrected chi connectivity index (χ4v) is 4.81. The summed E-state index contributed by atoms with van der Waals surface area (Å²) >= 11 is 6.08. The van der Waals surface area contributed by atoms with Crippen LogP contribution in [-0.4, -0.2) is 36.9 Å². The van der Waals surface area contributed by atoms with Crippen LogP contribution in [0.2, 0.25) is 5.02 Å². The number of aryl methyl sites for hydroxylation is 1. The molecule has 33 heavy (non-hydrogen) atoms. The van der Waals surface area contributed by atoms with Crippen LogP contribution in [0.4, 0.5) is 11.4 Å². The van der Waals surface area contributed by atoms with Gasteiger partial charge in [-0.1, -0.05) is 11.6 Å². The molecule has 0 fully saturated rings. The first-order valence-electron chi connectivity index (χ1n) is 10.5. The highest BCUT2D eigenvalue weighted by molar-refractivity contribution is 7.92. The van der Waals surface area contributed by atoms with Gasteiger partial charge in [0.1, 0.15) is 5.75 Å². The summed E-state index contributed by atoms with van der Waals surface area (Å²) in [7, 11) is -4.01. The van der Waals surface area contributed by atoms with Gasteiger partial charge in [0.15, 0.2) is 5.69 Å². The van der Waals surface area contributed by atoms with Crippen LogP contribution >= 0.6 is 11.6 Å². The third kappa shape index (κ3) is 5.09. The molecule has 8 nitrogen and oxygen atoms in total. The standard InChI is InChI=1S/C23H23ClN4O4S/c1-15(2)32-17-7-9-18(10-8-17)33(30,31)27-20-13-16(24)14-26-22(20)23(29)28-12-4-5-19-21(28)6-3-11-25-19/h3,6-11,13-15,27H,4-5,12H2,1-2H3. The molecule has 0 atom stereocenters. The van der Waals surface area contributed by atoms with Crippen molar-refractivity contribution >= 4 is 38.9 Å². The predicted molar refractivity (Wildman–Crippen MR) is 126 cm³/mol. The largest absolute Gasteiger partial charge is 0.491 e. The van der Waals surface area contributed by atoms with Gasteiger partial charge in [-0.2, -0.15) is 0 Å². The van der Waals surface area contributed by atoms with Gasteiger partial charge in [0, 0.05) is 18.9 Å². The predicted octanol–water partition coefficient (Wildman–Crippen LogP) is 4.31. The van der Waals surface area contributed by atoms with E-state index in [2.05, 4.69) is 14.7 Å². The first-order chi connectivity index (χ1) is 15.7. The van der Waals surface area contributed by atoms with Gasteiger partial charge >= 0.3 is 0 Å². The van der Waals surface area contributed by atoms with Crippen LogP contribution in [0.5, 0.6) is 5.75 Å². The number of carbonyl (C=O) groups is 1. The Morgan fingerprint density at radius 3 is 2.67 bits per heavy atom. The van der Waals surface area contributed by atoms with Crippen molar-refractivity contribution in [3.63, 3.8) is 0 Å². The van der Waals surface area contributed by atoms with Crippen LogP contribution < -0.4 is 14.4 Å². The average Bonchev–Trinajstić information content (AvgIpc) is 2.78. The molecular weight excluding hydrogens is 464 g/mol. The second kappa shape index (κ2) is 9.36. The summed E-state index contributed by atoms with van der Waals surface area (Å²) in [6.07, 6.45) is 4.48. The summed E-state index contributed by atoms with van der Waals surface area (Å²) in [4.78, 5) is 23.5. The van der Waals surface area contributed by atoms with E-state index in [1.165, 1.54) is 24.4 Å². The van der Waals surface area contributed by atoms with E-state index in [1.54, 1.807) is 29.3 Å². The summed E-state index contributed by atoms with van der Waals surface area (Å²) in [5, 5.41) is 0.200.